The number of nitrogens with zero attached hydrogens (tertiary/aromatic N) is 2. The highest BCUT2D eigenvalue weighted by atomic mass is 16.3. The van der Waals surface area contributed by atoms with Crippen molar-refractivity contribution >= 4 is 5.96 Å². The Kier molecular flexibility index (Phi) is 5.38. The van der Waals surface area contributed by atoms with Crippen LogP contribution in [0.4, 0.5) is 0 Å². The molecule has 1 aliphatic heterocycles. The Balaban J connectivity index is 1.39. The number of nitrogens with one attached hydrogen (secondary N) is 2. The van der Waals surface area contributed by atoms with Gasteiger partial charge in [0.05, 0.1) is 6.26 Å². The molecule has 0 amide bonds. The lowest BCUT2D eigenvalue weighted by Gasteiger charge is -2.24. The van der Waals surface area contributed by atoms with Gasteiger partial charge in [-0.1, -0.05) is 12.8 Å². The molecule has 122 valence electrons. The minimum Gasteiger partial charge on any atom is -0.469 e. The smallest absolute Gasteiger partial charge is 0.191 e. The molecule has 0 bridgehead atoms. The third-order valence-electron chi connectivity index (χ3n) is 4.87. The normalized spacial score (nSPS) is 24.0. The summed E-state index contributed by atoms with van der Waals surface area (Å²) in [6.07, 6.45) is 9.43. The van der Waals surface area contributed by atoms with Crippen LogP contribution in [0.15, 0.2) is 27.8 Å². The predicted octanol–water partition coefficient (Wildman–Crippen LogP) is 2.00. The molecular formula is C17H28N4O. The zero-order valence-corrected chi connectivity index (χ0v) is 13.6. The van der Waals surface area contributed by atoms with E-state index in [0.717, 1.165) is 37.3 Å². The zero-order valence-electron chi connectivity index (χ0n) is 13.6. The van der Waals surface area contributed by atoms with Gasteiger partial charge in [-0.15, -0.1) is 0 Å². The molecule has 3 rings (SSSR count). The zero-order chi connectivity index (χ0) is 15.2. The molecule has 2 fully saturated rings. The number of likely N-dealkylation sites (tertiary alicyclic amines) is 1. The molecule has 1 aromatic heterocycles. The number of rotatable bonds is 5. The molecular weight excluding hydrogens is 276 g/mol. The Morgan fingerprint density at radius 1 is 1.36 bits per heavy atom. The molecule has 0 aromatic carbocycles. The van der Waals surface area contributed by atoms with E-state index in [1.165, 1.54) is 38.6 Å². The topological polar surface area (TPSA) is 52.8 Å². The monoisotopic (exact) mass is 304 g/mol. The molecule has 5 nitrogen and oxygen atoms in total. The van der Waals surface area contributed by atoms with Crippen molar-refractivity contribution in [2.75, 3.05) is 26.7 Å². The number of furan rings is 1. The van der Waals surface area contributed by atoms with Crippen molar-refractivity contribution in [2.45, 2.75) is 50.6 Å². The molecule has 1 saturated heterocycles. The molecule has 1 saturated carbocycles. The average Bonchev–Trinajstić information content (AvgIpc) is 3.27. The third-order valence-corrected chi connectivity index (χ3v) is 4.87. The van der Waals surface area contributed by atoms with Gasteiger partial charge in [0.1, 0.15) is 5.76 Å². The summed E-state index contributed by atoms with van der Waals surface area (Å²) in [5.74, 6) is 1.92. The Morgan fingerprint density at radius 2 is 2.23 bits per heavy atom. The van der Waals surface area contributed by atoms with Gasteiger partial charge < -0.3 is 15.1 Å². The van der Waals surface area contributed by atoms with Crippen LogP contribution >= 0.6 is 0 Å². The maximum atomic E-state index is 5.35. The minimum absolute atomic E-state index is 0.524. The molecule has 2 N–H and O–H groups in total. The van der Waals surface area contributed by atoms with E-state index < -0.39 is 0 Å². The van der Waals surface area contributed by atoms with Crippen LogP contribution in [-0.2, 0) is 6.42 Å². The molecule has 5 heteroatoms. The quantitative estimate of drug-likeness (QED) is 0.645. The van der Waals surface area contributed by atoms with E-state index in [1.54, 1.807) is 6.26 Å². The second-order valence-corrected chi connectivity index (χ2v) is 6.39. The summed E-state index contributed by atoms with van der Waals surface area (Å²) < 4.78 is 5.35. The van der Waals surface area contributed by atoms with Gasteiger partial charge in [0.25, 0.3) is 0 Å². The van der Waals surface area contributed by atoms with Crippen molar-refractivity contribution in [3.05, 3.63) is 24.2 Å². The molecule has 22 heavy (non-hydrogen) atoms. The SMILES string of the molecule is CN=C(NCCc1ccco1)NC1CCN(C2CCCC2)C1. The molecule has 1 unspecified atom stereocenters. The van der Waals surface area contributed by atoms with Crippen molar-refractivity contribution in [1.82, 2.24) is 15.5 Å². The summed E-state index contributed by atoms with van der Waals surface area (Å²) >= 11 is 0. The van der Waals surface area contributed by atoms with E-state index in [4.69, 9.17) is 4.42 Å². The van der Waals surface area contributed by atoms with Crippen LogP contribution in [0.5, 0.6) is 0 Å². The first-order chi connectivity index (χ1) is 10.8. The van der Waals surface area contributed by atoms with E-state index in [1.807, 2.05) is 19.2 Å². The largest absolute Gasteiger partial charge is 0.469 e. The summed E-state index contributed by atoms with van der Waals surface area (Å²) in [6.45, 7) is 3.22. The van der Waals surface area contributed by atoms with Gasteiger partial charge in [0.15, 0.2) is 5.96 Å². The van der Waals surface area contributed by atoms with E-state index >= 15 is 0 Å². The molecule has 1 aliphatic carbocycles. The van der Waals surface area contributed by atoms with Crippen molar-refractivity contribution in [2.24, 2.45) is 4.99 Å². The standard InChI is InChI=1S/C17H28N4O/c1-18-17(19-10-8-16-7-4-12-22-16)20-14-9-11-21(13-14)15-5-2-3-6-15/h4,7,12,14-15H,2-3,5-6,8-11,13H2,1H3,(H2,18,19,20). The van der Waals surface area contributed by atoms with E-state index in [0.29, 0.717) is 6.04 Å². The van der Waals surface area contributed by atoms with Gasteiger partial charge in [-0.05, 0) is 31.4 Å². The molecule has 1 aromatic rings. The highest BCUT2D eigenvalue weighted by Crippen LogP contribution is 2.26. The van der Waals surface area contributed by atoms with Gasteiger partial charge >= 0.3 is 0 Å². The summed E-state index contributed by atoms with van der Waals surface area (Å²) in [6, 6.07) is 5.29. The minimum atomic E-state index is 0.524. The second-order valence-electron chi connectivity index (χ2n) is 6.39. The molecule has 2 heterocycles. The van der Waals surface area contributed by atoms with Crippen molar-refractivity contribution in [3.8, 4) is 0 Å². The van der Waals surface area contributed by atoms with Gasteiger partial charge in [-0.2, -0.15) is 0 Å². The lowest BCUT2D eigenvalue weighted by atomic mass is 10.2. The van der Waals surface area contributed by atoms with Gasteiger partial charge in [0, 0.05) is 45.2 Å². The summed E-state index contributed by atoms with van der Waals surface area (Å²) in [5.41, 5.74) is 0. The maximum absolute atomic E-state index is 5.35. The first-order valence-corrected chi connectivity index (χ1v) is 8.59. The average molecular weight is 304 g/mol. The van der Waals surface area contributed by atoms with Crippen molar-refractivity contribution in [3.63, 3.8) is 0 Å². The van der Waals surface area contributed by atoms with Crippen LogP contribution in [0.2, 0.25) is 0 Å². The maximum Gasteiger partial charge on any atom is 0.191 e. The predicted molar refractivity (Wildman–Crippen MR) is 89.1 cm³/mol. The second kappa shape index (κ2) is 7.68. The third kappa shape index (κ3) is 4.03. The van der Waals surface area contributed by atoms with E-state index in [-0.39, 0.29) is 0 Å². The fourth-order valence-electron chi connectivity index (χ4n) is 3.65. The van der Waals surface area contributed by atoms with E-state index in [2.05, 4.69) is 20.5 Å². The number of guanidine groups is 1. The first-order valence-electron chi connectivity index (χ1n) is 8.59. The van der Waals surface area contributed by atoms with Gasteiger partial charge in [-0.25, -0.2) is 0 Å². The van der Waals surface area contributed by atoms with Crippen LogP contribution in [0.1, 0.15) is 37.9 Å². The Bertz CT molecular complexity index is 465. The number of hydrogen-bond acceptors (Lipinski definition) is 3. The van der Waals surface area contributed by atoms with Crippen LogP contribution in [0.3, 0.4) is 0 Å². The van der Waals surface area contributed by atoms with Crippen molar-refractivity contribution in [1.29, 1.82) is 0 Å². The Morgan fingerprint density at radius 3 is 2.95 bits per heavy atom. The highest BCUT2D eigenvalue weighted by molar-refractivity contribution is 5.80. The first kappa shape index (κ1) is 15.4. The van der Waals surface area contributed by atoms with Gasteiger partial charge in [-0.3, -0.25) is 9.89 Å². The Hall–Kier alpha value is -1.49. The molecule has 1 atom stereocenters. The van der Waals surface area contributed by atoms with Crippen molar-refractivity contribution < 1.29 is 4.42 Å². The van der Waals surface area contributed by atoms with Gasteiger partial charge in [0.2, 0.25) is 0 Å². The Labute approximate surface area is 133 Å². The molecule has 2 aliphatic rings. The highest BCUT2D eigenvalue weighted by Gasteiger charge is 2.30. The number of aliphatic imine (C=N–C) groups is 1. The molecule has 0 spiro atoms. The van der Waals surface area contributed by atoms with Crippen LogP contribution < -0.4 is 10.6 Å². The lowest BCUT2D eigenvalue weighted by molar-refractivity contribution is 0.242. The fraction of sp³-hybridized carbons (Fsp3) is 0.706. The van der Waals surface area contributed by atoms with E-state index in [9.17, 15) is 0 Å². The van der Waals surface area contributed by atoms with Crippen LogP contribution in [-0.4, -0.2) is 49.6 Å². The summed E-state index contributed by atoms with van der Waals surface area (Å²) in [7, 11) is 1.84. The molecule has 0 radical (unpaired) electrons. The number of hydrogen-bond donors (Lipinski definition) is 2. The lowest BCUT2D eigenvalue weighted by Crippen LogP contribution is -2.45. The fourth-order valence-corrected chi connectivity index (χ4v) is 3.65. The van der Waals surface area contributed by atoms with Crippen LogP contribution in [0.25, 0.3) is 0 Å². The van der Waals surface area contributed by atoms with Crippen LogP contribution in [0, 0.1) is 0 Å². The summed E-state index contributed by atoms with van der Waals surface area (Å²) in [5, 5.41) is 6.95. The summed E-state index contributed by atoms with van der Waals surface area (Å²) in [4.78, 5) is 7.01.